The molecular weight excluding hydrogens is 316 g/mol. The minimum absolute atomic E-state index is 0.0495. The Morgan fingerprint density at radius 2 is 2.12 bits per heavy atom. The zero-order valence-corrected chi connectivity index (χ0v) is 14.1. The minimum Gasteiger partial charge on any atom is -0.336 e. The molecule has 2 aromatic heterocycles. The number of rotatable bonds is 3. The minimum atomic E-state index is -0.0650. The monoisotopic (exact) mass is 336 g/mol. The van der Waals surface area contributed by atoms with Crippen molar-refractivity contribution < 1.29 is 9.32 Å². The largest absolute Gasteiger partial charge is 0.336 e. The summed E-state index contributed by atoms with van der Waals surface area (Å²) >= 11 is 0. The number of hydrogen-bond acceptors (Lipinski definition) is 5. The molecule has 1 fully saturated rings. The Labute approximate surface area is 145 Å². The van der Waals surface area contributed by atoms with Crippen LogP contribution < -0.4 is 5.73 Å². The molecule has 0 unspecified atom stereocenters. The Morgan fingerprint density at radius 3 is 2.88 bits per heavy atom. The highest BCUT2D eigenvalue weighted by atomic mass is 16.5. The fourth-order valence-electron chi connectivity index (χ4n) is 3.48. The van der Waals surface area contributed by atoms with Crippen LogP contribution in [0.25, 0.3) is 11.1 Å². The number of benzene rings is 1. The molecule has 3 heterocycles. The molecule has 128 valence electrons. The summed E-state index contributed by atoms with van der Waals surface area (Å²) < 4.78 is 5.19. The predicted octanol–water partition coefficient (Wildman–Crippen LogP) is 2.35. The molecule has 1 aliphatic heterocycles. The van der Waals surface area contributed by atoms with Gasteiger partial charge in [-0.2, -0.15) is 0 Å². The third kappa shape index (κ3) is 2.78. The van der Waals surface area contributed by atoms with E-state index >= 15 is 0 Å². The van der Waals surface area contributed by atoms with Gasteiger partial charge >= 0.3 is 0 Å². The smallest absolute Gasteiger partial charge is 0.257 e. The van der Waals surface area contributed by atoms with E-state index in [0.717, 1.165) is 17.5 Å². The van der Waals surface area contributed by atoms with E-state index < -0.39 is 0 Å². The first-order valence-corrected chi connectivity index (χ1v) is 8.51. The highest BCUT2D eigenvalue weighted by Crippen LogP contribution is 2.28. The normalized spacial score (nSPS) is 20.3. The van der Waals surface area contributed by atoms with Crippen LogP contribution in [0.15, 0.2) is 47.1 Å². The maximum atomic E-state index is 12.9. The lowest BCUT2D eigenvalue weighted by molar-refractivity contribution is 0.0789. The molecule has 4 rings (SSSR count). The third-order valence-electron chi connectivity index (χ3n) is 4.87. The average molecular weight is 336 g/mol. The highest BCUT2D eigenvalue weighted by molar-refractivity contribution is 5.97. The average Bonchev–Trinajstić information content (AvgIpc) is 3.24. The first kappa shape index (κ1) is 15.8. The van der Waals surface area contributed by atoms with Gasteiger partial charge in [0.2, 0.25) is 0 Å². The summed E-state index contributed by atoms with van der Waals surface area (Å²) in [4.78, 5) is 19.0. The van der Waals surface area contributed by atoms with Crippen LogP contribution in [-0.2, 0) is 6.42 Å². The molecule has 0 saturated carbocycles. The molecule has 2 atom stereocenters. The summed E-state index contributed by atoms with van der Waals surface area (Å²) in [6.45, 7) is 3.16. The Hall–Kier alpha value is -2.73. The zero-order chi connectivity index (χ0) is 17.4. The van der Waals surface area contributed by atoms with Crippen molar-refractivity contribution in [2.45, 2.75) is 25.3 Å². The SMILES string of the molecule is CCc1noc2ncc(C(=O)N3C[C@@H](N)[C@H](c4ccccc4)C3)cc12. The molecule has 6 heteroatoms. The molecule has 3 aromatic rings. The number of likely N-dealkylation sites (tertiary alicyclic amines) is 1. The number of nitrogens with zero attached hydrogens (tertiary/aromatic N) is 3. The molecule has 0 radical (unpaired) electrons. The van der Waals surface area contributed by atoms with Crippen molar-refractivity contribution in [3.8, 4) is 0 Å². The van der Waals surface area contributed by atoms with Crippen molar-refractivity contribution in [1.29, 1.82) is 0 Å². The van der Waals surface area contributed by atoms with Crippen LogP contribution in [0.1, 0.15) is 34.5 Å². The van der Waals surface area contributed by atoms with Gasteiger partial charge in [0.25, 0.3) is 11.6 Å². The summed E-state index contributed by atoms with van der Waals surface area (Å²) in [6, 6.07) is 11.9. The number of nitrogens with two attached hydrogens (primary N) is 1. The zero-order valence-electron chi connectivity index (χ0n) is 14.1. The molecular formula is C19H20N4O2. The van der Waals surface area contributed by atoms with Gasteiger partial charge in [0.15, 0.2) is 0 Å². The fraction of sp³-hybridized carbons (Fsp3) is 0.316. The van der Waals surface area contributed by atoms with Crippen molar-refractivity contribution in [3.63, 3.8) is 0 Å². The number of carbonyl (C=O) groups is 1. The summed E-state index contributed by atoms with van der Waals surface area (Å²) in [6.07, 6.45) is 2.29. The fourth-order valence-corrected chi connectivity index (χ4v) is 3.48. The van der Waals surface area contributed by atoms with Crippen LogP contribution in [0.2, 0.25) is 0 Å². The van der Waals surface area contributed by atoms with E-state index in [0.29, 0.717) is 24.4 Å². The van der Waals surface area contributed by atoms with E-state index in [-0.39, 0.29) is 17.9 Å². The number of fused-ring (bicyclic) bond motifs is 1. The number of pyridine rings is 1. The second-order valence-electron chi connectivity index (χ2n) is 6.45. The van der Waals surface area contributed by atoms with Crippen molar-refractivity contribution in [3.05, 3.63) is 59.4 Å². The van der Waals surface area contributed by atoms with Gasteiger partial charge in [-0.15, -0.1) is 0 Å². The lowest BCUT2D eigenvalue weighted by atomic mass is 9.95. The number of hydrogen-bond donors (Lipinski definition) is 1. The number of amides is 1. The van der Waals surface area contributed by atoms with Crippen LogP contribution in [0, 0.1) is 0 Å². The van der Waals surface area contributed by atoms with Crippen molar-refractivity contribution >= 4 is 17.0 Å². The summed E-state index contributed by atoms with van der Waals surface area (Å²) in [7, 11) is 0. The Bertz CT molecular complexity index is 906. The molecule has 2 N–H and O–H groups in total. The van der Waals surface area contributed by atoms with Gasteiger partial charge in [-0.1, -0.05) is 42.4 Å². The van der Waals surface area contributed by atoms with E-state index in [1.807, 2.05) is 36.1 Å². The highest BCUT2D eigenvalue weighted by Gasteiger charge is 2.34. The molecule has 0 aliphatic carbocycles. The summed E-state index contributed by atoms with van der Waals surface area (Å²) in [5.41, 5.74) is 9.31. The summed E-state index contributed by atoms with van der Waals surface area (Å²) in [5, 5.41) is 4.80. The molecule has 0 bridgehead atoms. The molecule has 1 aliphatic rings. The molecule has 6 nitrogen and oxygen atoms in total. The molecule has 1 aromatic carbocycles. The van der Waals surface area contributed by atoms with Gasteiger partial charge in [0.05, 0.1) is 16.6 Å². The van der Waals surface area contributed by atoms with Gasteiger partial charge in [-0.3, -0.25) is 4.79 Å². The van der Waals surface area contributed by atoms with Gasteiger partial charge in [-0.25, -0.2) is 4.98 Å². The second kappa shape index (κ2) is 6.29. The molecule has 0 spiro atoms. The van der Waals surface area contributed by atoms with Crippen LogP contribution in [0.3, 0.4) is 0 Å². The van der Waals surface area contributed by atoms with Gasteiger partial charge in [0, 0.05) is 31.2 Å². The van der Waals surface area contributed by atoms with E-state index in [4.69, 9.17) is 10.3 Å². The standard InChI is InChI=1S/C19H20N4O2/c1-2-17-14-8-13(9-21-18(14)25-22-17)19(24)23-10-15(16(20)11-23)12-6-4-3-5-7-12/h3-9,15-16H,2,10-11,20H2,1H3/t15-,16+/m0/s1. The Kier molecular flexibility index (Phi) is 3.97. The van der Waals surface area contributed by atoms with Gasteiger partial charge in [0.1, 0.15) is 0 Å². The van der Waals surface area contributed by atoms with Crippen molar-refractivity contribution in [2.24, 2.45) is 5.73 Å². The van der Waals surface area contributed by atoms with E-state index in [9.17, 15) is 4.79 Å². The topological polar surface area (TPSA) is 85.2 Å². The van der Waals surface area contributed by atoms with Crippen LogP contribution in [0.5, 0.6) is 0 Å². The van der Waals surface area contributed by atoms with Crippen molar-refractivity contribution in [2.75, 3.05) is 13.1 Å². The first-order valence-electron chi connectivity index (χ1n) is 8.51. The number of carbonyl (C=O) groups excluding carboxylic acids is 1. The van der Waals surface area contributed by atoms with Gasteiger partial charge < -0.3 is 15.2 Å². The Balaban J connectivity index is 1.59. The van der Waals surface area contributed by atoms with E-state index in [1.165, 1.54) is 5.56 Å². The maximum Gasteiger partial charge on any atom is 0.257 e. The second-order valence-corrected chi connectivity index (χ2v) is 6.45. The maximum absolute atomic E-state index is 12.9. The predicted molar refractivity (Wildman–Crippen MR) is 94.2 cm³/mol. The number of aromatic nitrogens is 2. The quantitative estimate of drug-likeness (QED) is 0.793. The lowest BCUT2D eigenvalue weighted by Crippen LogP contribution is -2.32. The number of aryl methyl sites for hydroxylation is 1. The third-order valence-corrected chi connectivity index (χ3v) is 4.87. The van der Waals surface area contributed by atoms with E-state index in [1.54, 1.807) is 6.20 Å². The van der Waals surface area contributed by atoms with Crippen molar-refractivity contribution in [1.82, 2.24) is 15.0 Å². The molecule has 25 heavy (non-hydrogen) atoms. The van der Waals surface area contributed by atoms with E-state index in [2.05, 4.69) is 22.3 Å². The Morgan fingerprint density at radius 1 is 1.32 bits per heavy atom. The first-order chi connectivity index (χ1) is 12.2. The van der Waals surface area contributed by atoms with Crippen LogP contribution in [-0.4, -0.2) is 40.1 Å². The lowest BCUT2D eigenvalue weighted by Gasteiger charge is -2.16. The molecule has 1 amide bonds. The summed E-state index contributed by atoms with van der Waals surface area (Å²) in [5.74, 6) is 0.107. The molecule has 1 saturated heterocycles. The van der Waals surface area contributed by atoms with Crippen LogP contribution in [0.4, 0.5) is 0 Å². The van der Waals surface area contributed by atoms with Crippen LogP contribution >= 0.6 is 0 Å². The van der Waals surface area contributed by atoms with Gasteiger partial charge in [-0.05, 0) is 18.1 Å².